The summed E-state index contributed by atoms with van der Waals surface area (Å²) in [7, 11) is 0. The van der Waals surface area contributed by atoms with Gasteiger partial charge >= 0.3 is 12.4 Å². The Morgan fingerprint density at radius 1 is 0.950 bits per heavy atom. The number of alkyl halides is 7. The van der Waals surface area contributed by atoms with Gasteiger partial charge in [-0.25, -0.2) is 0 Å². The highest BCUT2D eigenvalue weighted by Gasteiger charge is 2.37. The van der Waals surface area contributed by atoms with Crippen LogP contribution in [0.4, 0.5) is 26.3 Å². The van der Waals surface area contributed by atoms with Crippen LogP contribution >= 0.6 is 15.9 Å². The smallest absolute Gasteiger partial charge is 0.166 e. The van der Waals surface area contributed by atoms with E-state index in [1.54, 1.807) is 13.8 Å². The minimum absolute atomic E-state index is 0.0240. The minimum atomic E-state index is -4.80. The van der Waals surface area contributed by atoms with Crippen molar-refractivity contribution in [3.63, 3.8) is 0 Å². The summed E-state index contributed by atoms with van der Waals surface area (Å²) >= 11 is 3.27. The molecule has 0 aliphatic carbocycles. The van der Waals surface area contributed by atoms with Gasteiger partial charge in [0.05, 0.1) is 11.1 Å². The molecule has 0 saturated heterocycles. The van der Waals surface area contributed by atoms with Gasteiger partial charge < -0.3 is 0 Å². The Labute approximate surface area is 121 Å². The van der Waals surface area contributed by atoms with E-state index >= 15 is 0 Å². The Morgan fingerprint density at radius 2 is 1.35 bits per heavy atom. The first kappa shape index (κ1) is 17.3. The number of rotatable bonds is 3. The molecule has 0 aliphatic rings. The fourth-order valence-corrected chi connectivity index (χ4v) is 2.11. The van der Waals surface area contributed by atoms with E-state index in [0.717, 1.165) is 12.1 Å². The van der Waals surface area contributed by atoms with E-state index in [9.17, 15) is 26.3 Å². The molecular weight excluding hydrogens is 350 g/mol. The average Bonchev–Trinajstić information content (AvgIpc) is 2.34. The summed E-state index contributed by atoms with van der Waals surface area (Å²) < 4.78 is 76.2. The molecule has 2 unspecified atom stereocenters. The molecule has 2 atom stereocenters. The van der Waals surface area contributed by atoms with Crippen LogP contribution in [0.5, 0.6) is 0 Å². The average molecular weight is 363 g/mol. The second-order valence-electron chi connectivity index (χ2n) is 4.55. The van der Waals surface area contributed by atoms with Crippen LogP contribution in [0.2, 0.25) is 0 Å². The van der Waals surface area contributed by atoms with Gasteiger partial charge in [0.15, 0.2) is 0 Å². The van der Waals surface area contributed by atoms with Crippen molar-refractivity contribution in [2.75, 3.05) is 0 Å². The monoisotopic (exact) mass is 362 g/mol. The first-order valence-electron chi connectivity index (χ1n) is 5.90. The first-order chi connectivity index (χ1) is 8.96. The summed E-state index contributed by atoms with van der Waals surface area (Å²) in [4.78, 5) is -0.188. The normalized spacial score (nSPS) is 16.1. The van der Waals surface area contributed by atoms with Crippen molar-refractivity contribution in [3.8, 4) is 0 Å². The highest BCUT2D eigenvalue weighted by molar-refractivity contribution is 9.09. The van der Waals surface area contributed by atoms with Crippen LogP contribution in [-0.4, -0.2) is 4.83 Å². The lowest BCUT2D eigenvalue weighted by Gasteiger charge is -2.20. The molecule has 0 fully saturated rings. The van der Waals surface area contributed by atoms with E-state index in [2.05, 4.69) is 15.9 Å². The lowest BCUT2D eigenvalue weighted by molar-refractivity contribution is -0.143. The van der Waals surface area contributed by atoms with Crippen LogP contribution in [0, 0.1) is 0 Å². The van der Waals surface area contributed by atoms with Crippen molar-refractivity contribution in [1.82, 2.24) is 0 Å². The molecule has 1 rings (SSSR count). The highest BCUT2D eigenvalue weighted by Crippen LogP contribution is 2.39. The van der Waals surface area contributed by atoms with Gasteiger partial charge in [0.1, 0.15) is 0 Å². The molecular formula is C13H13BrF6. The molecule has 0 nitrogen and oxygen atoms in total. The Kier molecular flexibility index (Phi) is 5.16. The predicted molar refractivity (Wildman–Crippen MR) is 67.9 cm³/mol. The number of benzene rings is 1. The fraction of sp³-hybridized carbons (Fsp3) is 0.538. The van der Waals surface area contributed by atoms with E-state index in [4.69, 9.17) is 0 Å². The van der Waals surface area contributed by atoms with Crippen LogP contribution in [0.25, 0.3) is 0 Å². The molecule has 0 bridgehead atoms. The highest BCUT2D eigenvalue weighted by atomic mass is 79.9. The van der Waals surface area contributed by atoms with Crippen LogP contribution in [0.1, 0.15) is 42.9 Å². The quantitative estimate of drug-likeness (QED) is 0.456. The van der Waals surface area contributed by atoms with Gasteiger partial charge in [0, 0.05) is 4.83 Å². The summed E-state index contributed by atoms with van der Waals surface area (Å²) in [5.41, 5.74) is -2.52. The van der Waals surface area contributed by atoms with E-state index in [1.165, 1.54) is 0 Å². The molecule has 1 aromatic carbocycles. The molecule has 114 valence electrons. The van der Waals surface area contributed by atoms with Gasteiger partial charge in [0.2, 0.25) is 0 Å². The number of halogens is 7. The van der Waals surface area contributed by atoms with Crippen molar-refractivity contribution in [2.24, 2.45) is 0 Å². The van der Waals surface area contributed by atoms with Gasteiger partial charge in [-0.1, -0.05) is 29.8 Å². The maximum atomic E-state index is 12.7. The Bertz CT molecular complexity index is 431. The maximum Gasteiger partial charge on any atom is 0.416 e. The number of hydrogen-bond acceptors (Lipinski definition) is 0. The predicted octanol–water partition coefficient (Wildman–Crippen LogP) is 6.00. The third kappa shape index (κ3) is 4.14. The van der Waals surface area contributed by atoms with Gasteiger partial charge in [-0.15, -0.1) is 0 Å². The van der Waals surface area contributed by atoms with Crippen molar-refractivity contribution < 1.29 is 26.3 Å². The van der Waals surface area contributed by atoms with Gasteiger partial charge in [-0.05, 0) is 36.1 Å². The maximum absolute atomic E-state index is 12.7. The van der Waals surface area contributed by atoms with E-state index in [-0.39, 0.29) is 16.5 Å². The molecule has 0 radical (unpaired) electrons. The molecule has 7 heteroatoms. The van der Waals surface area contributed by atoms with Crippen LogP contribution in [-0.2, 0) is 12.4 Å². The molecule has 0 amide bonds. The molecule has 0 spiro atoms. The van der Waals surface area contributed by atoms with E-state index in [1.807, 2.05) is 0 Å². The van der Waals surface area contributed by atoms with E-state index in [0.29, 0.717) is 6.42 Å². The lowest BCUT2D eigenvalue weighted by Crippen LogP contribution is -2.15. The molecule has 0 aromatic heterocycles. The zero-order chi connectivity index (χ0) is 15.7. The van der Waals surface area contributed by atoms with Gasteiger partial charge in [-0.3, -0.25) is 0 Å². The molecule has 0 N–H and O–H groups in total. The second-order valence-corrected chi connectivity index (χ2v) is 5.73. The minimum Gasteiger partial charge on any atom is -0.166 e. The Balaban J connectivity index is 3.38. The molecule has 1 aromatic rings. The fourth-order valence-electron chi connectivity index (χ4n) is 1.80. The topological polar surface area (TPSA) is 0 Å². The summed E-state index contributed by atoms with van der Waals surface area (Å²) in [5.74, 6) is -0.455. The summed E-state index contributed by atoms with van der Waals surface area (Å²) in [6.07, 6.45) is -9.01. The van der Waals surface area contributed by atoms with Gasteiger partial charge in [-0.2, -0.15) is 26.3 Å². The molecule has 0 saturated carbocycles. The first-order valence-corrected chi connectivity index (χ1v) is 6.81. The summed E-state index contributed by atoms with van der Waals surface area (Å²) in [5, 5.41) is 0. The third-order valence-corrected chi connectivity index (χ3v) is 4.51. The van der Waals surface area contributed by atoms with Crippen molar-refractivity contribution >= 4 is 15.9 Å². The van der Waals surface area contributed by atoms with Crippen LogP contribution in [0.15, 0.2) is 18.2 Å². The summed E-state index contributed by atoms with van der Waals surface area (Å²) in [6.45, 7) is 3.40. The van der Waals surface area contributed by atoms with Gasteiger partial charge in [0.25, 0.3) is 0 Å². The van der Waals surface area contributed by atoms with E-state index < -0.39 is 29.4 Å². The van der Waals surface area contributed by atoms with Crippen molar-refractivity contribution in [3.05, 3.63) is 34.9 Å². The summed E-state index contributed by atoms with van der Waals surface area (Å²) in [6, 6.07) is 1.71. The standard InChI is InChI=1S/C13H13BrF6/c1-3-11(14)7(2)8-4-9(12(15,16)17)6-10(5-8)13(18,19)20/h4-7,11H,3H2,1-2H3. The molecule has 20 heavy (non-hydrogen) atoms. The Hall–Kier alpha value is -0.720. The third-order valence-electron chi connectivity index (χ3n) is 3.07. The molecule has 0 aliphatic heterocycles. The van der Waals surface area contributed by atoms with Crippen LogP contribution in [0.3, 0.4) is 0 Å². The Morgan fingerprint density at radius 3 is 1.65 bits per heavy atom. The van der Waals surface area contributed by atoms with Crippen molar-refractivity contribution in [2.45, 2.75) is 43.4 Å². The second kappa shape index (κ2) is 5.95. The zero-order valence-electron chi connectivity index (χ0n) is 10.7. The van der Waals surface area contributed by atoms with Crippen molar-refractivity contribution in [1.29, 1.82) is 0 Å². The molecule has 0 heterocycles. The largest absolute Gasteiger partial charge is 0.416 e. The number of hydrogen-bond donors (Lipinski definition) is 0. The SMILES string of the molecule is CCC(Br)C(C)c1cc(C(F)(F)F)cc(C(F)(F)F)c1. The zero-order valence-corrected chi connectivity index (χ0v) is 12.3. The van der Waals surface area contributed by atoms with Crippen LogP contribution < -0.4 is 0 Å². The lowest BCUT2D eigenvalue weighted by atomic mass is 9.92.